The van der Waals surface area contributed by atoms with Gasteiger partial charge in [0.2, 0.25) is 5.91 Å². The minimum Gasteiger partial charge on any atom is -0.494 e. The summed E-state index contributed by atoms with van der Waals surface area (Å²) >= 11 is 0. The van der Waals surface area contributed by atoms with Crippen LogP contribution in [0.15, 0.2) is 48.5 Å². The van der Waals surface area contributed by atoms with E-state index in [4.69, 9.17) is 4.74 Å². The maximum absolute atomic E-state index is 12.6. The summed E-state index contributed by atoms with van der Waals surface area (Å²) in [5, 5.41) is 2.70. The van der Waals surface area contributed by atoms with Crippen molar-refractivity contribution in [1.29, 1.82) is 0 Å². The van der Waals surface area contributed by atoms with Gasteiger partial charge in [0.15, 0.2) is 0 Å². The Hall–Kier alpha value is -3.03. The number of hydrogen-bond acceptors (Lipinski definition) is 3. The Morgan fingerprint density at radius 3 is 2.38 bits per heavy atom. The zero-order valence-electron chi connectivity index (χ0n) is 15.8. The van der Waals surface area contributed by atoms with E-state index in [1.54, 1.807) is 17.0 Å². The lowest BCUT2D eigenvalue weighted by Crippen LogP contribution is -2.31. The van der Waals surface area contributed by atoms with Gasteiger partial charge < -0.3 is 15.0 Å². The number of carbonyl (C=O) groups excluding carboxylic acids is 2. The van der Waals surface area contributed by atoms with Crippen LogP contribution in [0.4, 0.5) is 18.9 Å². The van der Waals surface area contributed by atoms with Gasteiger partial charge in [-0.3, -0.25) is 9.59 Å². The summed E-state index contributed by atoms with van der Waals surface area (Å²) in [6.45, 7) is 3.17. The molecule has 2 amide bonds. The molecule has 0 spiro atoms. The monoisotopic (exact) mass is 406 g/mol. The molecule has 0 saturated carbocycles. The lowest BCUT2D eigenvalue weighted by Gasteiger charge is -2.17. The van der Waals surface area contributed by atoms with Gasteiger partial charge in [-0.05, 0) is 55.5 Å². The summed E-state index contributed by atoms with van der Waals surface area (Å²) in [7, 11) is 0. The van der Waals surface area contributed by atoms with Crippen LogP contribution in [0.3, 0.4) is 0 Å². The van der Waals surface area contributed by atoms with Gasteiger partial charge in [-0.2, -0.15) is 13.2 Å². The van der Waals surface area contributed by atoms with Crippen molar-refractivity contribution in [2.45, 2.75) is 19.5 Å². The molecule has 29 heavy (non-hydrogen) atoms. The first-order valence-electron chi connectivity index (χ1n) is 9.26. The second kappa shape index (κ2) is 8.55. The second-order valence-electron chi connectivity index (χ2n) is 6.79. The van der Waals surface area contributed by atoms with Crippen molar-refractivity contribution in [3.8, 4) is 5.75 Å². The summed E-state index contributed by atoms with van der Waals surface area (Å²) < 4.78 is 43.2. The van der Waals surface area contributed by atoms with E-state index < -0.39 is 17.6 Å². The van der Waals surface area contributed by atoms with E-state index in [1.165, 1.54) is 0 Å². The molecule has 1 unspecified atom stereocenters. The van der Waals surface area contributed by atoms with Gasteiger partial charge in [0, 0.05) is 36.7 Å². The third-order valence-electron chi connectivity index (χ3n) is 4.69. The Balaban J connectivity index is 1.55. The standard InChI is InChI=1S/C21H21F3N2O3/c1-2-29-18-9-7-17(8-10-18)26-13-14(11-19(26)27)12-25-20(28)15-3-5-16(6-4-15)21(22,23)24/h3-10,14H,2,11-13H2,1H3,(H,25,28). The molecule has 5 nitrogen and oxygen atoms in total. The SMILES string of the molecule is CCOc1ccc(N2CC(CNC(=O)c3ccc(C(F)(F)F)cc3)CC2=O)cc1. The Morgan fingerprint density at radius 1 is 1.14 bits per heavy atom. The fourth-order valence-corrected chi connectivity index (χ4v) is 3.21. The Labute approximate surface area is 166 Å². The highest BCUT2D eigenvalue weighted by atomic mass is 19.4. The van der Waals surface area contributed by atoms with E-state index in [0.29, 0.717) is 19.6 Å². The first kappa shape index (κ1) is 20.7. The number of ether oxygens (including phenoxy) is 1. The number of amides is 2. The van der Waals surface area contributed by atoms with Gasteiger partial charge in [-0.15, -0.1) is 0 Å². The van der Waals surface area contributed by atoms with E-state index in [9.17, 15) is 22.8 Å². The summed E-state index contributed by atoms with van der Waals surface area (Å²) in [6.07, 6.45) is -4.15. The van der Waals surface area contributed by atoms with Crippen molar-refractivity contribution in [2.75, 3.05) is 24.6 Å². The number of nitrogens with one attached hydrogen (secondary N) is 1. The van der Waals surface area contributed by atoms with Gasteiger partial charge in [0.1, 0.15) is 5.75 Å². The van der Waals surface area contributed by atoms with E-state index in [-0.39, 0.29) is 23.9 Å². The molecular formula is C21H21F3N2O3. The average molecular weight is 406 g/mol. The number of benzene rings is 2. The van der Waals surface area contributed by atoms with Crippen LogP contribution in [-0.4, -0.2) is 31.5 Å². The maximum Gasteiger partial charge on any atom is 0.416 e. The molecule has 3 rings (SSSR count). The van der Waals surface area contributed by atoms with Gasteiger partial charge in [0.25, 0.3) is 5.91 Å². The molecule has 1 N–H and O–H groups in total. The van der Waals surface area contributed by atoms with Crippen LogP contribution in [0.25, 0.3) is 0 Å². The lowest BCUT2D eigenvalue weighted by atomic mass is 10.1. The first-order valence-corrected chi connectivity index (χ1v) is 9.26. The van der Waals surface area contributed by atoms with Crippen LogP contribution in [0.2, 0.25) is 0 Å². The first-order chi connectivity index (χ1) is 13.8. The zero-order chi connectivity index (χ0) is 21.0. The average Bonchev–Trinajstić information content (AvgIpc) is 3.07. The number of carbonyl (C=O) groups is 2. The van der Waals surface area contributed by atoms with Crippen LogP contribution in [0.5, 0.6) is 5.75 Å². The normalized spacial score (nSPS) is 16.8. The number of hydrogen-bond donors (Lipinski definition) is 1. The predicted molar refractivity (Wildman–Crippen MR) is 102 cm³/mol. The fraction of sp³-hybridized carbons (Fsp3) is 0.333. The van der Waals surface area contributed by atoms with Gasteiger partial charge in [-0.25, -0.2) is 0 Å². The Morgan fingerprint density at radius 2 is 1.79 bits per heavy atom. The highest BCUT2D eigenvalue weighted by molar-refractivity contribution is 5.96. The Kier molecular flexibility index (Phi) is 6.10. The number of rotatable bonds is 6. The van der Waals surface area contributed by atoms with Crippen molar-refractivity contribution in [3.05, 3.63) is 59.7 Å². The van der Waals surface area contributed by atoms with E-state index in [0.717, 1.165) is 35.7 Å². The molecule has 0 aliphatic carbocycles. The number of alkyl halides is 3. The van der Waals surface area contributed by atoms with E-state index >= 15 is 0 Å². The predicted octanol–water partition coefficient (Wildman–Crippen LogP) is 3.89. The highest BCUT2D eigenvalue weighted by Crippen LogP contribution is 2.29. The van der Waals surface area contributed by atoms with Gasteiger partial charge >= 0.3 is 6.18 Å². The largest absolute Gasteiger partial charge is 0.494 e. The lowest BCUT2D eigenvalue weighted by molar-refractivity contribution is -0.137. The minimum absolute atomic E-state index is 0.0389. The Bertz CT molecular complexity index is 864. The van der Waals surface area contributed by atoms with Crippen LogP contribution < -0.4 is 15.0 Å². The van der Waals surface area contributed by atoms with Gasteiger partial charge in [-0.1, -0.05) is 0 Å². The highest BCUT2D eigenvalue weighted by Gasteiger charge is 2.32. The van der Waals surface area contributed by atoms with Crippen LogP contribution in [0.1, 0.15) is 29.3 Å². The fourth-order valence-electron chi connectivity index (χ4n) is 3.21. The van der Waals surface area contributed by atoms with E-state index in [1.807, 2.05) is 19.1 Å². The van der Waals surface area contributed by atoms with Gasteiger partial charge in [0.05, 0.1) is 12.2 Å². The molecule has 2 aromatic rings. The summed E-state index contributed by atoms with van der Waals surface area (Å²) in [5.41, 5.74) is 0.0992. The number of anilines is 1. The van der Waals surface area contributed by atoms with Crippen molar-refractivity contribution in [1.82, 2.24) is 5.32 Å². The molecule has 1 atom stereocenters. The quantitative estimate of drug-likeness (QED) is 0.792. The molecule has 2 aromatic carbocycles. The third kappa shape index (κ3) is 5.07. The third-order valence-corrected chi connectivity index (χ3v) is 4.69. The molecule has 1 fully saturated rings. The molecule has 1 saturated heterocycles. The molecule has 1 aliphatic rings. The molecule has 0 aromatic heterocycles. The van der Waals surface area contributed by atoms with Crippen molar-refractivity contribution in [3.63, 3.8) is 0 Å². The van der Waals surface area contributed by atoms with Crippen LogP contribution in [0, 0.1) is 5.92 Å². The number of nitrogens with zero attached hydrogens (tertiary/aromatic N) is 1. The maximum atomic E-state index is 12.6. The molecule has 154 valence electrons. The number of halogens is 3. The van der Waals surface area contributed by atoms with E-state index in [2.05, 4.69) is 5.32 Å². The molecular weight excluding hydrogens is 385 g/mol. The smallest absolute Gasteiger partial charge is 0.416 e. The second-order valence-corrected chi connectivity index (χ2v) is 6.79. The molecule has 0 bridgehead atoms. The minimum atomic E-state index is -4.44. The van der Waals surface area contributed by atoms with Crippen LogP contribution >= 0.6 is 0 Å². The van der Waals surface area contributed by atoms with Crippen molar-refractivity contribution < 1.29 is 27.5 Å². The molecule has 0 radical (unpaired) electrons. The molecule has 8 heteroatoms. The van der Waals surface area contributed by atoms with Crippen molar-refractivity contribution in [2.24, 2.45) is 5.92 Å². The van der Waals surface area contributed by atoms with Crippen molar-refractivity contribution >= 4 is 17.5 Å². The summed E-state index contributed by atoms with van der Waals surface area (Å²) in [5.74, 6) is 0.143. The zero-order valence-corrected chi connectivity index (χ0v) is 15.8. The molecule has 1 heterocycles. The van der Waals surface area contributed by atoms with Crippen LogP contribution in [-0.2, 0) is 11.0 Å². The topological polar surface area (TPSA) is 58.6 Å². The molecule has 1 aliphatic heterocycles. The summed E-state index contributed by atoms with van der Waals surface area (Å²) in [4.78, 5) is 26.2. The summed E-state index contributed by atoms with van der Waals surface area (Å²) in [6, 6.07) is 11.3.